The highest BCUT2D eigenvalue weighted by molar-refractivity contribution is 6.02. The Morgan fingerprint density at radius 3 is 2.07 bits per heavy atom. The van der Waals surface area contributed by atoms with Gasteiger partial charge in [0.15, 0.2) is 5.78 Å². The van der Waals surface area contributed by atoms with E-state index in [2.05, 4.69) is 0 Å². The first kappa shape index (κ1) is 21.1. The van der Waals surface area contributed by atoms with Gasteiger partial charge in [-0.2, -0.15) is 0 Å². The first-order valence-corrected chi connectivity index (χ1v) is 9.25. The predicted molar refractivity (Wildman–Crippen MR) is 98.9 cm³/mol. The summed E-state index contributed by atoms with van der Waals surface area (Å²) >= 11 is 0. The van der Waals surface area contributed by atoms with Gasteiger partial charge >= 0.3 is 11.9 Å². The zero-order valence-corrected chi connectivity index (χ0v) is 16.5. The summed E-state index contributed by atoms with van der Waals surface area (Å²) in [7, 11) is 0. The standard InChI is InChI=1S/C21H28O6/c1-12(2)26-19(23)17-15(22)11-21(5,25)18(20(24)27-13(3)4)16(17)14-9-7-6-8-10-14/h6-10,12-13,16-18,25H,11H2,1-5H3/t16-,17+,18+,21-/m1/s1. The van der Waals surface area contributed by atoms with E-state index in [0.29, 0.717) is 5.56 Å². The fourth-order valence-corrected chi connectivity index (χ4v) is 3.70. The number of aliphatic hydroxyl groups is 1. The summed E-state index contributed by atoms with van der Waals surface area (Å²) in [6.45, 7) is 8.26. The van der Waals surface area contributed by atoms with Crippen molar-refractivity contribution in [3.8, 4) is 0 Å². The van der Waals surface area contributed by atoms with E-state index in [4.69, 9.17) is 9.47 Å². The molecule has 0 heterocycles. The number of Topliss-reactive ketones (excluding diaryl/α,β-unsaturated/α-hetero) is 1. The molecule has 1 aliphatic carbocycles. The lowest BCUT2D eigenvalue weighted by molar-refractivity contribution is -0.176. The number of hydrogen-bond donors (Lipinski definition) is 1. The topological polar surface area (TPSA) is 89.9 Å². The third kappa shape index (κ3) is 4.75. The molecule has 0 amide bonds. The molecular weight excluding hydrogens is 348 g/mol. The van der Waals surface area contributed by atoms with Gasteiger partial charge in [0, 0.05) is 12.3 Å². The molecule has 0 saturated heterocycles. The summed E-state index contributed by atoms with van der Waals surface area (Å²) in [6, 6.07) is 8.81. The molecule has 0 spiro atoms. The van der Waals surface area contributed by atoms with Crippen LogP contribution in [0.2, 0.25) is 0 Å². The Morgan fingerprint density at radius 1 is 1.04 bits per heavy atom. The highest BCUT2D eigenvalue weighted by Gasteiger charge is 2.57. The van der Waals surface area contributed by atoms with E-state index in [-0.39, 0.29) is 12.5 Å². The quantitative estimate of drug-likeness (QED) is 0.628. The highest BCUT2D eigenvalue weighted by atomic mass is 16.5. The molecule has 1 aromatic rings. The van der Waals surface area contributed by atoms with Crippen molar-refractivity contribution in [2.45, 2.75) is 64.8 Å². The van der Waals surface area contributed by atoms with Crippen molar-refractivity contribution in [2.75, 3.05) is 0 Å². The van der Waals surface area contributed by atoms with E-state index in [1.807, 2.05) is 0 Å². The summed E-state index contributed by atoms with van der Waals surface area (Å²) in [6.07, 6.45) is -1.10. The van der Waals surface area contributed by atoms with E-state index in [1.54, 1.807) is 58.0 Å². The van der Waals surface area contributed by atoms with Crippen molar-refractivity contribution in [1.82, 2.24) is 0 Å². The fraction of sp³-hybridized carbons (Fsp3) is 0.571. The Kier molecular flexibility index (Phi) is 6.42. The molecule has 0 radical (unpaired) electrons. The minimum atomic E-state index is -1.63. The van der Waals surface area contributed by atoms with Crippen LogP contribution < -0.4 is 0 Å². The average molecular weight is 376 g/mol. The van der Waals surface area contributed by atoms with Crippen LogP contribution in [0.15, 0.2) is 30.3 Å². The van der Waals surface area contributed by atoms with Crippen LogP contribution in [0.25, 0.3) is 0 Å². The lowest BCUT2D eigenvalue weighted by Gasteiger charge is -2.44. The van der Waals surface area contributed by atoms with Crippen molar-refractivity contribution in [1.29, 1.82) is 0 Å². The molecule has 1 fully saturated rings. The summed E-state index contributed by atoms with van der Waals surface area (Å²) in [5.41, 5.74) is -1.01. The highest BCUT2D eigenvalue weighted by Crippen LogP contribution is 2.46. The van der Waals surface area contributed by atoms with Crippen LogP contribution in [-0.4, -0.2) is 40.6 Å². The van der Waals surface area contributed by atoms with Crippen LogP contribution in [0.3, 0.4) is 0 Å². The minimum absolute atomic E-state index is 0.313. The van der Waals surface area contributed by atoms with Crippen molar-refractivity contribution in [3.05, 3.63) is 35.9 Å². The van der Waals surface area contributed by atoms with E-state index < -0.39 is 47.2 Å². The molecule has 2 rings (SSSR count). The lowest BCUT2D eigenvalue weighted by atomic mass is 9.61. The Bertz CT molecular complexity index is 684. The summed E-state index contributed by atoms with van der Waals surface area (Å²) in [5.74, 6) is -4.84. The molecule has 6 nitrogen and oxygen atoms in total. The van der Waals surface area contributed by atoms with E-state index in [9.17, 15) is 19.5 Å². The number of rotatable bonds is 5. The first-order valence-electron chi connectivity index (χ1n) is 9.25. The third-order valence-electron chi connectivity index (χ3n) is 4.66. The monoisotopic (exact) mass is 376 g/mol. The Balaban J connectivity index is 2.57. The van der Waals surface area contributed by atoms with Gasteiger partial charge in [-0.05, 0) is 40.2 Å². The number of hydrogen-bond acceptors (Lipinski definition) is 6. The van der Waals surface area contributed by atoms with Crippen LogP contribution in [0, 0.1) is 11.8 Å². The number of benzene rings is 1. The second kappa shape index (κ2) is 8.21. The van der Waals surface area contributed by atoms with Crippen molar-refractivity contribution in [3.63, 3.8) is 0 Å². The van der Waals surface area contributed by atoms with Gasteiger partial charge in [-0.1, -0.05) is 30.3 Å². The van der Waals surface area contributed by atoms with Crippen LogP contribution in [0.1, 0.15) is 52.5 Å². The maximum Gasteiger partial charge on any atom is 0.317 e. The maximum absolute atomic E-state index is 12.9. The molecule has 0 aromatic heterocycles. The van der Waals surface area contributed by atoms with Gasteiger partial charge in [-0.3, -0.25) is 14.4 Å². The largest absolute Gasteiger partial charge is 0.463 e. The van der Waals surface area contributed by atoms with Crippen LogP contribution in [-0.2, 0) is 23.9 Å². The van der Waals surface area contributed by atoms with Crippen molar-refractivity contribution in [2.24, 2.45) is 11.8 Å². The number of ketones is 1. The molecule has 0 bridgehead atoms. The number of esters is 2. The van der Waals surface area contributed by atoms with Gasteiger partial charge < -0.3 is 14.6 Å². The van der Waals surface area contributed by atoms with Gasteiger partial charge in [-0.25, -0.2) is 0 Å². The SMILES string of the molecule is CC(C)OC(=O)[C@H]1C(=O)C[C@@](C)(O)[C@H](C(=O)OC(C)C)[C@@H]1c1ccccc1. The molecule has 1 N–H and O–H groups in total. The molecular formula is C21H28O6. The number of carbonyl (C=O) groups is 3. The molecule has 27 heavy (non-hydrogen) atoms. The third-order valence-corrected chi connectivity index (χ3v) is 4.66. The zero-order valence-electron chi connectivity index (χ0n) is 16.5. The molecule has 1 saturated carbocycles. The molecule has 148 valence electrons. The van der Waals surface area contributed by atoms with Gasteiger partial charge in [0.25, 0.3) is 0 Å². The van der Waals surface area contributed by atoms with Crippen LogP contribution >= 0.6 is 0 Å². The molecule has 1 aromatic carbocycles. The van der Waals surface area contributed by atoms with Gasteiger partial charge in [-0.15, -0.1) is 0 Å². The molecule has 1 aliphatic rings. The molecule has 0 aliphatic heterocycles. The average Bonchev–Trinajstić information content (AvgIpc) is 2.52. The van der Waals surface area contributed by atoms with Gasteiger partial charge in [0.05, 0.1) is 23.7 Å². The van der Waals surface area contributed by atoms with Crippen LogP contribution in [0.5, 0.6) is 0 Å². The molecule has 4 atom stereocenters. The predicted octanol–water partition coefficient (Wildman–Crippen LogP) is 2.63. The van der Waals surface area contributed by atoms with E-state index >= 15 is 0 Å². The maximum atomic E-state index is 12.9. The van der Waals surface area contributed by atoms with Crippen LogP contribution in [0.4, 0.5) is 0 Å². The minimum Gasteiger partial charge on any atom is -0.463 e. The van der Waals surface area contributed by atoms with Gasteiger partial charge in [0.1, 0.15) is 5.92 Å². The Labute approximate surface area is 159 Å². The Morgan fingerprint density at radius 2 is 1.56 bits per heavy atom. The zero-order chi connectivity index (χ0) is 20.4. The fourth-order valence-electron chi connectivity index (χ4n) is 3.70. The number of ether oxygens (including phenoxy) is 2. The van der Waals surface area contributed by atoms with E-state index in [0.717, 1.165) is 0 Å². The number of carbonyl (C=O) groups excluding carboxylic acids is 3. The molecule has 0 unspecified atom stereocenters. The second-order valence-corrected chi connectivity index (χ2v) is 7.86. The van der Waals surface area contributed by atoms with Gasteiger partial charge in [0.2, 0.25) is 0 Å². The second-order valence-electron chi connectivity index (χ2n) is 7.86. The smallest absolute Gasteiger partial charge is 0.317 e. The van der Waals surface area contributed by atoms with Crippen molar-refractivity contribution < 1.29 is 29.0 Å². The molecule has 6 heteroatoms. The Hall–Kier alpha value is -2.21. The summed E-state index contributed by atoms with van der Waals surface area (Å²) in [4.78, 5) is 38.4. The summed E-state index contributed by atoms with van der Waals surface area (Å²) < 4.78 is 10.7. The normalized spacial score (nSPS) is 28.3. The lowest BCUT2D eigenvalue weighted by Crippen LogP contribution is -2.55. The summed E-state index contributed by atoms with van der Waals surface area (Å²) in [5, 5.41) is 10.9. The van der Waals surface area contributed by atoms with E-state index in [1.165, 1.54) is 6.92 Å². The van der Waals surface area contributed by atoms with Crippen molar-refractivity contribution >= 4 is 17.7 Å². The first-order chi connectivity index (χ1) is 12.5.